The normalized spacial score (nSPS) is 8.43. The molecule has 0 spiro atoms. The molecule has 0 rings (SSSR count). The number of carbonyl (C=O) groups excluding carboxylic acids is 3. The van der Waals surface area contributed by atoms with Gasteiger partial charge in [-0.05, 0) is 13.8 Å². The third-order valence-electron chi connectivity index (χ3n) is 1.11. The molecule has 0 fully saturated rings. The molecule has 0 aliphatic rings. The van der Waals surface area contributed by atoms with Gasteiger partial charge < -0.3 is 10.9 Å². The zero-order valence-electron chi connectivity index (χ0n) is 9.66. The molecule has 0 saturated carbocycles. The van der Waals surface area contributed by atoms with Crippen LogP contribution in [0.3, 0.4) is 0 Å². The van der Waals surface area contributed by atoms with E-state index in [0.717, 1.165) is 0 Å². The molecule has 0 bridgehead atoms. The van der Waals surface area contributed by atoms with Gasteiger partial charge in [0.05, 0.1) is 13.2 Å². The number of esters is 2. The Morgan fingerprint density at radius 3 is 2.00 bits per heavy atom. The summed E-state index contributed by atoms with van der Waals surface area (Å²) in [5.41, 5.74) is 0. The first-order valence-electron chi connectivity index (χ1n) is 3.97. The molecule has 0 N–H and O–H groups in total. The zero-order valence-corrected chi connectivity index (χ0v) is 11.8. The first-order chi connectivity index (χ1) is 6.11. The zero-order chi connectivity index (χ0) is 10.3. The van der Waals surface area contributed by atoms with E-state index in [2.05, 4.69) is 9.47 Å². The van der Waals surface area contributed by atoms with Crippen molar-refractivity contribution in [3.8, 4) is 0 Å². The first kappa shape index (κ1) is 16.7. The van der Waals surface area contributed by atoms with Crippen LogP contribution in [0.15, 0.2) is 0 Å². The second kappa shape index (κ2) is 9.79. The molecular formula is C8H13KO5. The third-order valence-corrected chi connectivity index (χ3v) is 1.11. The number of hydrogen-bond acceptors (Lipinski definition) is 5. The van der Waals surface area contributed by atoms with Crippen LogP contribution in [-0.4, -0.2) is 30.9 Å². The summed E-state index contributed by atoms with van der Waals surface area (Å²) in [6, 6.07) is 0. The Morgan fingerprint density at radius 1 is 1.07 bits per heavy atom. The molecular weight excluding hydrogens is 215 g/mol. The predicted octanol–water partition coefficient (Wildman–Crippen LogP) is -2.81. The van der Waals surface area contributed by atoms with Gasteiger partial charge in [-0.3, -0.25) is 9.59 Å². The summed E-state index contributed by atoms with van der Waals surface area (Å²) in [6.45, 7) is 3.50. The summed E-state index contributed by atoms with van der Waals surface area (Å²) < 4.78 is 8.86. The number of ketones is 1. The van der Waals surface area contributed by atoms with E-state index in [1.165, 1.54) is 0 Å². The summed E-state index contributed by atoms with van der Waals surface area (Å²) in [5, 5.41) is 0. The Kier molecular flexibility index (Phi) is 11.7. The standard InChI is InChI=1S/C8H12O5.K.H/c1-3-12-7(10)5-6(9)8(11)13-4-2;;/h3-5H2,1-2H3;;/q;+1;-1. The fourth-order valence-corrected chi connectivity index (χ4v) is 0.627. The first-order valence-corrected chi connectivity index (χ1v) is 3.97. The number of carbonyl (C=O) groups is 3. The Labute approximate surface area is 126 Å². The van der Waals surface area contributed by atoms with Crippen molar-refractivity contribution in [1.29, 1.82) is 0 Å². The molecule has 6 heteroatoms. The van der Waals surface area contributed by atoms with Crippen molar-refractivity contribution in [2.24, 2.45) is 0 Å². The number of rotatable bonds is 5. The van der Waals surface area contributed by atoms with Gasteiger partial charge in [0.25, 0.3) is 5.78 Å². The van der Waals surface area contributed by atoms with Gasteiger partial charge in [0.1, 0.15) is 6.42 Å². The molecule has 0 aromatic carbocycles. The average Bonchev–Trinajstić information content (AvgIpc) is 2.05. The molecule has 0 amide bonds. The number of ether oxygens (including phenoxy) is 2. The van der Waals surface area contributed by atoms with Crippen LogP contribution in [0.4, 0.5) is 0 Å². The third kappa shape index (κ3) is 7.63. The largest absolute Gasteiger partial charge is 1.00 e. The van der Waals surface area contributed by atoms with E-state index in [4.69, 9.17) is 0 Å². The molecule has 0 saturated heterocycles. The minimum absolute atomic E-state index is 0. The monoisotopic (exact) mass is 228 g/mol. The van der Waals surface area contributed by atoms with Crippen molar-refractivity contribution < 1.29 is 76.7 Å². The molecule has 0 heterocycles. The van der Waals surface area contributed by atoms with E-state index < -0.39 is 24.1 Å². The predicted molar refractivity (Wildman–Crippen MR) is 44.0 cm³/mol. The van der Waals surface area contributed by atoms with Crippen molar-refractivity contribution in [1.82, 2.24) is 0 Å². The van der Waals surface area contributed by atoms with Crippen molar-refractivity contribution >= 4 is 17.7 Å². The van der Waals surface area contributed by atoms with Crippen molar-refractivity contribution in [2.75, 3.05) is 13.2 Å². The van der Waals surface area contributed by atoms with Crippen molar-refractivity contribution in [3.63, 3.8) is 0 Å². The SMILES string of the molecule is CCOC(=O)CC(=O)C(=O)OCC.[H-].[K+]. The maximum Gasteiger partial charge on any atom is 1.00 e. The van der Waals surface area contributed by atoms with Crippen LogP contribution in [0.5, 0.6) is 0 Å². The van der Waals surface area contributed by atoms with Gasteiger partial charge in [-0.1, -0.05) is 0 Å². The molecule has 5 nitrogen and oxygen atoms in total. The maximum atomic E-state index is 10.8. The minimum Gasteiger partial charge on any atom is -1.00 e. The van der Waals surface area contributed by atoms with Gasteiger partial charge >= 0.3 is 63.3 Å². The minimum atomic E-state index is -0.990. The maximum absolute atomic E-state index is 10.8. The van der Waals surface area contributed by atoms with E-state index in [0.29, 0.717) is 0 Å². The quantitative estimate of drug-likeness (QED) is 0.220. The van der Waals surface area contributed by atoms with Crippen LogP contribution in [0.2, 0.25) is 0 Å². The van der Waals surface area contributed by atoms with Crippen LogP contribution in [0.1, 0.15) is 21.7 Å². The Balaban J connectivity index is -0.000000720. The van der Waals surface area contributed by atoms with E-state index in [9.17, 15) is 14.4 Å². The topological polar surface area (TPSA) is 69.7 Å². The summed E-state index contributed by atoms with van der Waals surface area (Å²) in [7, 11) is 0. The van der Waals surface area contributed by atoms with Gasteiger partial charge in [0, 0.05) is 0 Å². The molecule has 0 unspecified atom stereocenters. The fourth-order valence-electron chi connectivity index (χ4n) is 0.627. The van der Waals surface area contributed by atoms with E-state index >= 15 is 0 Å². The Morgan fingerprint density at radius 2 is 1.57 bits per heavy atom. The number of hydrogen-bond donors (Lipinski definition) is 0. The van der Waals surface area contributed by atoms with E-state index in [-0.39, 0.29) is 66.0 Å². The molecule has 14 heavy (non-hydrogen) atoms. The van der Waals surface area contributed by atoms with Gasteiger partial charge in [0.15, 0.2) is 0 Å². The summed E-state index contributed by atoms with van der Waals surface area (Å²) in [6.07, 6.45) is -0.549. The van der Waals surface area contributed by atoms with Gasteiger partial charge in [-0.15, -0.1) is 0 Å². The summed E-state index contributed by atoms with van der Waals surface area (Å²) in [5.74, 6) is -2.57. The van der Waals surface area contributed by atoms with Gasteiger partial charge in [-0.25, -0.2) is 4.79 Å². The molecule has 0 aliphatic carbocycles. The van der Waals surface area contributed by atoms with Crippen molar-refractivity contribution in [2.45, 2.75) is 20.3 Å². The van der Waals surface area contributed by atoms with Crippen LogP contribution in [-0.2, 0) is 23.9 Å². The second-order valence-electron chi connectivity index (χ2n) is 2.13. The van der Waals surface area contributed by atoms with E-state index in [1.54, 1.807) is 13.8 Å². The Hall–Kier alpha value is 0.246. The molecule has 0 aromatic rings. The average molecular weight is 228 g/mol. The fraction of sp³-hybridized carbons (Fsp3) is 0.625. The second-order valence-corrected chi connectivity index (χ2v) is 2.13. The molecule has 0 aliphatic heterocycles. The summed E-state index contributed by atoms with van der Waals surface area (Å²) >= 11 is 0. The van der Waals surface area contributed by atoms with Crippen LogP contribution in [0, 0.1) is 0 Å². The molecule has 0 atom stereocenters. The Bertz CT molecular complexity index is 219. The van der Waals surface area contributed by atoms with Crippen LogP contribution in [0.25, 0.3) is 0 Å². The van der Waals surface area contributed by atoms with E-state index in [1.807, 2.05) is 0 Å². The summed E-state index contributed by atoms with van der Waals surface area (Å²) in [4.78, 5) is 32.3. The number of Topliss-reactive ketones (excluding diaryl/α,β-unsaturated/α-hetero) is 1. The van der Waals surface area contributed by atoms with Crippen LogP contribution >= 0.6 is 0 Å². The van der Waals surface area contributed by atoms with Crippen LogP contribution < -0.4 is 51.4 Å². The molecule has 0 aromatic heterocycles. The molecule has 76 valence electrons. The van der Waals surface area contributed by atoms with Crippen molar-refractivity contribution in [3.05, 3.63) is 0 Å². The smallest absolute Gasteiger partial charge is 1.00 e. The van der Waals surface area contributed by atoms with Gasteiger partial charge in [-0.2, -0.15) is 0 Å². The van der Waals surface area contributed by atoms with Gasteiger partial charge in [0.2, 0.25) is 0 Å². The molecule has 0 radical (unpaired) electrons.